The summed E-state index contributed by atoms with van der Waals surface area (Å²) in [5.74, 6) is -0.841. The van der Waals surface area contributed by atoms with E-state index in [-0.39, 0.29) is 44.3 Å². The lowest BCUT2D eigenvalue weighted by atomic mass is 9.98. The van der Waals surface area contributed by atoms with Crippen LogP contribution in [0.3, 0.4) is 0 Å². The van der Waals surface area contributed by atoms with Crippen LogP contribution in [0.2, 0.25) is 0 Å². The van der Waals surface area contributed by atoms with Crippen molar-refractivity contribution in [1.82, 2.24) is 15.1 Å². The lowest BCUT2D eigenvalue weighted by Crippen LogP contribution is -2.33. The first-order valence-corrected chi connectivity index (χ1v) is 12.7. The van der Waals surface area contributed by atoms with E-state index in [4.69, 9.17) is 14.6 Å². The normalized spacial score (nSPS) is 12.3. The van der Waals surface area contributed by atoms with Crippen LogP contribution in [0.4, 0.5) is 15.4 Å². The Morgan fingerprint density at radius 3 is 2.15 bits per heavy atom. The van der Waals surface area contributed by atoms with Gasteiger partial charge in [-0.05, 0) is 61.6 Å². The second-order valence-electron chi connectivity index (χ2n) is 10.3. The molecule has 204 valence electrons. The third kappa shape index (κ3) is 7.31. The molecule has 0 atom stereocenters. The molecule has 0 saturated heterocycles. The Morgan fingerprint density at radius 2 is 1.59 bits per heavy atom. The summed E-state index contributed by atoms with van der Waals surface area (Å²) in [5, 5.41) is 19.7. The summed E-state index contributed by atoms with van der Waals surface area (Å²) in [6.45, 7) is 5.64. The minimum atomic E-state index is -0.945. The van der Waals surface area contributed by atoms with Gasteiger partial charge in [-0.25, -0.2) is 9.59 Å². The molecule has 10 nitrogen and oxygen atoms in total. The maximum Gasteiger partial charge on any atom is 0.413 e. The average Bonchev–Trinajstić information content (AvgIpc) is 3.20. The Labute approximate surface area is 227 Å². The summed E-state index contributed by atoms with van der Waals surface area (Å²) in [4.78, 5) is 37.6. The van der Waals surface area contributed by atoms with E-state index < -0.39 is 23.8 Å². The number of nitrogens with one attached hydrogen (secondary N) is 1. The summed E-state index contributed by atoms with van der Waals surface area (Å²) in [6.07, 6.45) is -1.05. The number of carboxylic acid groups (broad SMARTS) is 1. The Morgan fingerprint density at radius 1 is 0.949 bits per heavy atom. The number of benzene rings is 2. The van der Waals surface area contributed by atoms with Gasteiger partial charge >= 0.3 is 18.2 Å². The molecule has 10 heteroatoms. The average molecular weight is 533 g/mol. The first-order chi connectivity index (χ1) is 18.6. The number of nitrogens with zero attached hydrogens (tertiary/aromatic N) is 3. The number of hydrogen-bond donors (Lipinski definition) is 2. The summed E-state index contributed by atoms with van der Waals surface area (Å²) in [5.41, 5.74) is 4.25. The number of aromatic nitrogens is 2. The summed E-state index contributed by atoms with van der Waals surface area (Å²) in [6, 6.07) is 19.3. The van der Waals surface area contributed by atoms with E-state index >= 15 is 0 Å². The lowest BCUT2D eigenvalue weighted by molar-refractivity contribution is -0.137. The van der Waals surface area contributed by atoms with Crippen molar-refractivity contribution in [2.75, 3.05) is 18.5 Å². The Kier molecular flexibility index (Phi) is 8.43. The molecule has 0 saturated carbocycles. The van der Waals surface area contributed by atoms with Gasteiger partial charge in [0.1, 0.15) is 12.2 Å². The molecule has 3 aromatic rings. The Balaban J connectivity index is 1.42. The lowest BCUT2D eigenvalue weighted by Gasteiger charge is -2.23. The third-order valence-corrected chi connectivity index (χ3v) is 6.11. The second kappa shape index (κ2) is 11.9. The minimum Gasteiger partial charge on any atom is -0.481 e. The SMILES string of the molecule is CC(C)(C)OC(=O)Nc1ccc(CN(CCCC(=O)O)C(=O)OCC2c3ccccc3-c3ccccc32)nn1. The zero-order chi connectivity index (χ0) is 28.0. The van der Waals surface area contributed by atoms with Crippen molar-refractivity contribution in [1.29, 1.82) is 0 Å². The van der Waals surface area contributed by atoms with Gasteiger partial charge in [0.15, 0.2) is 5.82 Å². The van der Waals surface area contributed by atoms with E-state index in [0.29, 0.717) is 5.69 Å². The third-order valence-electron chi connectivity index (χ3n) is 6.11. The van der Waals surface area contributed by atoms with Crippen LogP contribution in [0, 0.1) is 0 Å². The molecule has 0 radical (unpaired) electrons. The van der Waals surface area contributed by atoms with E-state index in [1.807, 2.05) is 36.4 Å². The molecule has 0 aliphatic heterocycles. The van der Waals surface area contributed by atoms with Gasteiger partial charge in [-0.3, -0.25) is 10.1 Å². The first-order valence-electron chi connectivity index (χ1n) is 12.7. The highest BCUT2D eigenvalue weighted by molar-refractivity contribution is 5.83. The highest BCUT2D eigenvalue weighted by atomic mass is 16.6. The van der Waals surface area contributed by atoms with Gasteiger partial charge in [-0.2, -0.15) is 5.10 Å². The zero-order valence-electron chi connectivity index (χ0n) is 22.2. The number of anilines is 1. The molecule has 1 heterocycles. The molecule has 0 bridgehead atoms. The molecule has 1 aliphatic carbocycles. The molecule has 4 rings (SSSR count). The van der Waals surface area contributed by atoms with E-state index in [2.05, 4.69) is 27.6 Å². The smallest absolute Gasteiger partial charge is 0.413 e. The standard InChI is InChI=1S/C29H32N4O6/c1-29(2,3)39-27(36)30-25-15-14-19(31-32-25)17-33(16-8-13-26(34)35)28(37)38-18-24-22-11-6-4-9-20(22)21-10-5-7-12-23(21)24/h4-7,9-12,14-15,24H,8,13,16-18H2,1-3H3,(H,34,35)(H,30,32,36). The molecule has 1 aromatic heterocycles. The van der Waals surface area contributed by atoms with Gasteiger partial charge in [0, 0.05) is 18.9 Å². The van der Waals surface area contributed by atoms with Crippen molar-refractivity contribution in [3.05, 3.63) is 77.5 Å². The minimum absolute atomic E-state index is 0.0655. The fraction of sp³-hybridized carbons (Fsp3) is 0.345. The summed E-state index contributed by atoms with van der Waals surface area (Å²) in [7, 11) is 0. The van der Waals surface area contributed by atoms with Crippen molar-refractivity contribution < 1.29 is 29.0 Å². The molecule has 2 aromatic carbocycles. The summed E-state index contributed by atoms with van der Waals surface area (Å²) < 4.78 is 11.0. The molecule has 0 unspecified atom stereocenters. The van der Waals surface area contributed by atoms with Crippen molar-refractivity contribution in [2.24, 2.45) is 0 Å². The molecule has 1 aliphatic rings. The van der Waals surface area contributed by atoms with Crippen LogP contribution >= 0.6 is 0 Å². The molecular weight excluding hydrogens is 500 g/mol. The Bertz CT molecular complexity index is 1290. The Hall–Kier alpha value is -4.47. The van der Waals surface area contributed by atoms with Crippen LogP contribution in [-0.4, -0.2) is 57.1 Å². The number of carbonyl (C=O) groups excluding carboxylic acids is 2. The predicted molar refractivity (Wildman–Crippen MR) is 144 cm³/mol. The topological polar surface area (TPSA) is 131 Å². The van der Waals surface area contributed by atoms with Crippen molar-refractivity contribution in [2.45, 2.75) is 51.7 Å². The number of fused-ring (bicyclic) bond motifs is 3. The van der Waals surface area contributed by atoms with Crippen LogP contribution in [0.15, 0.2) is 60.7 Å². The van der Waals surface area contributed by atoms with Crippen molar-refractivity contribution in [3.8, 4) is 11.1 Å². The number of carboxylic acids is 1. The summed E-state index contributed by atoms with van der Waals surface area (Å²) >= 11 is 0. The number of aliphatic carboxylic acids is 1. The van der Waals surface area contributed by atoms with Crippen molar-refractivity contribution in [3.63, 3.8) is 0 Å². The zero-order valence-corrected chi connectivity index (χ0v) is 22.2. The van der Waals surface area contributed by atoms with Gasteiger partial charge in [0.2, 0.25) is 0 Å². The monoisotopic (exact) mass is 532 g/mol. The molecule has 39 heavy (non-hydrogen) atoms. The van der Waals surface area contributed by atoms with E-state index in [9.17, 15) is 14.4 Å². The number of amides is 2. The maximum atomic E-state index is 13.2. The largest absolute Gasteiger partial charge is 0.481 e. The van der Waals surface area contributed by atoms with Crippen LogP contribution in [0.5, 0.6) is 0 Å². The molecular formula is C29H32N4O6. The van der Waals surface area contributed by atoms with Gasteiger partial charge in [0.25, 0.3) is 0 Å². The molecule has 0 fully saturated rings. The van der Waals surface area contributed by atoms with Gasteiger partial charge in [0.05, 0.1) is 12.2 Å². The number of rotatable bonds is 9. The first kappa shape index (κ1) is 27.6. The molecule has 0 spiro atoms. The van der Waals surface area contributed by atoms with E-state index in [1.54, 1.807) is 32.9 Å². The fourth-order valence-corrected chi connectivity index (χ4v) is 4.46. The highest BCUT2D eigenvalue weighted by Gasteiger charge is 2.30. The predicted octanol–water partition coefficient (Wildman–Crippen LogP) is 5.44. The van der Waals surface area contributed by atoms with Crippen LogP contribution in [0.25, 0.3) is 11.1 Å². The van der Waals surface area contributed by atoms with Gasteiger partial charge in [-0.15, -0.1) is 5.10 Å². The van der Waals surface area contributed by atoms with Crippen LogP contribution < -0.4 is 5.32 Å². The van der Waals surface area contributed by atoms with Crippen molar-refractivity contribution >= 4 is 24.0 Å². The fourth-order valence-electron chi connectivity index (χ4n) is 4.46. The molecule has 2 N–H and O–H groups in total. The quantitative estimate of drug-likeness (QED) is 0.372. The number of carbonyl (C=O) groups is 3. The highest BCUT2D eigenvalue weighted by Crippen LogP contribution is 2.44. The van der Waals surface area contributed by atoms with Crippen LogP contribution in [-0.2, 0) is 20.8 Å². The van der Waals surface area contributed by atoms with Gasteiger partial charge < -0.3 is 19.5 Å². The van der Waals surface area contributed by atoms with Gasteiger partial charge in [-0.1, -0.05) is 48.5 Å². The second-order valence-corrected chi connectivity index (χ2v) is 10.3. The maximum absolute atomic E-state index is 13.2. The number of hydrogen-bond acceptors (Lipinski definition) is 7. The number of ether oxygens (including phenoxy) is 2. The molecule has 2 amide bonds. The van der Waals surface area contributed by atoms with E-state index in [0.717, 1.165) is 22.3 Å². The van der Waals surface area contributed by atoms with Crippen LogP contribution in [0.1, 0.15) is 56.4 Å². The van der Waals surface area contributed by atoms with E-state index in [1.165, 1.54) is 4.90 Å².